The molecule has 452 valence electrons. The third-order valence-electron chi connectivity index (χ3n) is 20.5. The van der Waals surface area contributed by atoms with E-state index in [4.69, 9.17) is 0 Å². The molecule has 0 N–H and O–H groups in total. The predicted molar refractivity (Wildman–Crippen MR) is 411 cm³/mol. The molecule has 2 aliphatic heterocycles. The number of hydrogen-bond donors (Lipinski definition) is 0. The van der Waals surface area contributed by atoms with E-state index in [1.807, 2.05) is 0 Å². The van der Waals surface area contributed by atoms with E-state index in [0.29, 0.717) is 0 Å². The van der Waals surface area contributed by atoms with Crippen LogP contribution in [0.25, 0.3) is 38.6 Å². The summed E-state index contributed by atoms with van der Waals surface area (Å²) in [5.74, 6) is 0. The highest BCUT2D eigenvalue weighted by atomic mass is 28.3. The molecule has 17 rings (SSSR count). The van der Waals surface area contributed by atoms with E-state index in [1.165, 1.54) is 130 Å². The second-order valence-corrected chi connectivity index (χ2v) is 34.0. The van der Waals surface area contributed by atoms with Gasteiger partial charge in [-0.05, 0) is 182 Å². The maximum absolute atomic E-state index is 3.04. The lowest BCUT2D eigenvalue weighted by Gasteiger charge is -2.45. The van der Waals surface area contributed by atoms with Crippen molar-refractivity contribution in [3.63, 3.8) is 0 Å². The number of anilines is 6. The molecule has 0 saturated heterocycles. The van der Waals surface area contributed by atoms with Crippen molar-refractivity contribution in [1.29, 1.82) is 0 Å². The van der Waals surface area contributed by atoms with Gasteiger partial charge in [0.15, 0.2) is 16.1 Å². The predicted octanol–water partition coefficient (Wildman–Crippen LogP) is 14.8. The summed E-state index contributed by atoms with van der Waals surface area (Å²) in [7, 11) is -5.93. The zero-order chi connectivity index (χ0) is 63.9. The third-order valence-corrected chi connectivity index (χ3v) is 30.0. The van der Waals surface area contributed by atoms with Crippen molar-refractivity contribution in [3.05, 3.63) is 361 Å². The molecule has 3 nitrogen and oxygen atoms in total. The summed E-state index contributed by atoms with van der Waals surface area (Å²) in [6, 6.07) is 128. The second kappa shape index (κ2) is 23.2. The third kappa shape index (κ3) is 9.37. The Morgan fingerprint density at radius 1 is 0.242 bits per heavy atom. The van der Waals surface area contributed by atoms with E-state index < -0.39 is 16.1 Å². The average Bonchev–Trinajstić information content (AvgIpc) is 1.14. The van der Waals surface area contributed by atoms with Gasteiger partial charge < -0.3 is 14.4 Å². The lowest BCUT2D eigenvalue weighted by molar-refractivity contribution is 1.16. The minimum atomic E-state index is -3.04. The largest absolute Gasteiger partial charge is 0.311 e. The average molecular weight is 1250 g/mol. The summed E-state index contributed by atoms with van der Waals surface area (Å²) in [6.07, 6.45) is 0. The summed E-state index contributed by atoms with van der Waals surface area (Å²) < 4.78 is 2.54. The zero-order valence-electron chi connectivity index (χ0n) is 54.2. The first kappa shape index (κ1) is 57.8. The zero-order valence-corrected chi connectivity index (χ0v) is 56.2. The Morgan fingerprint density at radius 2 is 0.621 bits per heavy atom. The first-order valence-corrected chi connectivity index (χ1v) is 37.3. The van der Waals surface area contributed by atoms with Crippen LogP contribution in [0, 0.1) is 34.6 Å². The van der Waals surface area contributed by atoms with Gasteiger partial charge in [-0.1, -0.05) is 283 Å². The molecular weight excluding hydrogens is 1180 g/mol. The Balaban J connectivity index is 0.978. The van der Waals surface area contributed by atoms with Gasteiger partial charge in [0.05, 0.1) is 16.7 Å². The number of benzene rings is 14. The lowest BCUT2D eigenvalue weighted by atomic mass is 9.33. The fourth-order valence-electron chi connectivity index (χ4n) is 16.5. The van der Waals surface area contributed by atoms with Crippen molar-refractivity contribution in [1.82, 2.24) is 4.57 Å². The molecule has 3 heterocycles. The van der Waals surface area contributed by atoms with Gasteiger partial charge in [-0.15, -0.1) is 0 Å². The topological polar surface area (TPSA) is 11.4 Å². The Labute approximate surface area is 560 Å². The number of aromatic nitrogens is 1. The maximum atomic E-state index is 2.66. The van der Waals surface area contributed by atoms with Crippen LogP contribution in [-0.2, 0) is 0 Å². The van der Waals surface area contributed by atoms with Crippen molar-refractivity contribution in [2.24, 2.45) is 0 Å². The van der Waals surface area contributed by atoms with E-state index in [-0.39, 0.29) is 6.71 Å². The summed E-state index contributed by atoms with van der Waals surface area (Å²) in [5.41, 5.74) is 22.8. The van der Waals surface area contributed by atoms with Crippen molar-refractivity contribution in [2.45, 2.75) is 34.6 Å². The van der Waals surface area contributed by atoms with E-state index in [2.05, 4.69) is 383 Å². The van der Waals surface area contributed by atoms with Gasteiger partial charge in [0.1, 0.15) is 0 Å². The van der Waals surface area contributed by atoms with Crippen LogP contribution in [0.5, 0.6) is 0 Å². The Kier molecular flexibility index (Phi) is 14.1. The first-order valence-electron chi connectivity index (χ1n) is 33.3. The molecule has 0 atom stereocenters. The summed E-state index contributed by atoms with van der Waals surface area (Å²) in [4.78, 5) is 5.24. The first-order chi connectivity index (χ1) is 46.6. The lowest BCUT2D eigenvalue weighted by Crippen LogP contribution is -2.75. The van der Waals surface area contributed by atoms with Crippen molar-refractivity contribution in [3.8, 4) is 16.8 Å². The summed E-state index contributed by atoms with van der Waals surface area (Å²) in [6.45, 7) is 10.9. The number of fused-ring (bicyclic) bond motifs is 7. The molecule has 0 radical (unpaired) electrons. The Morgan fingerprint density at radius 3 is 1.07 bits per heavy atom. The number of rotatable bonds is 12. The van der Waals surface area contributed by atoms with Crippen LogP contribution in [0.2, 0.25) is 0 Å². The van der Waals surface area contributed by atoms with Gasteiger partial charge in [-0.25, -0.2) is 0 Å². The standard InChI is InChI=1S/C89H70BN3Si2/c1-61-37-49-83-79(55-61)80-56-62(2)38-50-84(80)93(83)70-58-87-89-88(59-70)92(69-43-45-77(46-44-69)94(71-24-12-6-13-25-71,72-26-14-7-15-27-72)73-28-16-8-17-29-73)86-57-63(3)36-48-81(86)90(89)82-60-78(47-51-85(82)91(87)68-41-39-66(40-42-68)67-53-64(4)52-65(5)54-67)95(74-30-18-9-19-31-74,75-32-20-10-21-33-75)76-34-22-11-23-35-76/h6-60H,1-5H3. The summed E-state index contributed by atoms with van der Waals surface area (Å²) >= 11 is 0. The minimum Gasteiger partial charge on any atom is -0.311 e. The van der Waals surface area contributed by atoms with E-state index in [9.17, 15) is 0 Å². The van der Waals surface area contributed by atoms with E-state index >= 15 is 0 Å². The van der Waals surface area contributed by atoms with Crippen LogP contribution < -0.4 is 67.7 Å². The van der Waals surface area contributed by atoms with Gasteiger partial charge in [-0.3, -0.25) is 0 Å². The Hall–Kier alpha value is -11.0. The second-order valence-electron chi connectivity index (χ2n) is 26.4. The molecule has 0 spiro atoms. The molecule has 15 aromatic rings. The van der Waals surface area contributed by atoms with Crippen LogP contribution in [0.3, 0.4) is 0 Å². The molecule has 0 fully saturated rings. The molecule has 0 unspecified atom stereocenters. The molecule has 14 aromatic carbocycles. The van der Waals surface area contributed by atoms with Crippen LogP contribution >= 0.6 is 0 Å². The SMILES string of the molecule is Cc1cc(C)cc(-c2ccc(N3c4ccc([Si](c5ccccc5)(c5ccccc5)c5ccccc5)cc4B4c5ccc(C)cc5N(c5ccc([Si](c6ccccc6)(c6ccccc6)c6ccccc6)cc5)c5cc(-n6c7ccc(C)cc7c7cc(C)ccc76)cc3c54)cc2)c1. The molecule has 0 aliphatic carbocycles. The molecular formula is C89H70BN3Si2. The minimum absolute atomic E-state index is 0.160. The highest BCUT2D eigenvalue weighted by Gasteiger charge is 2.48. The van der Waals surface area contributed by atoms with Gasteiger partial charge >= 0.3 is 0 Å². The van der Waals surface area contributed by atoms with Gasteiger partial charge in [-0.2, -0.15) is 0 Å². The number of aryl methyl sites for hydroxylation is 5. The van der Waals surface area contributed by atoms with Crippen LogP contribution in [-0.4, -0.2) is 27.4 Å². The normalized spacial score (nSPS) is 12.6. The fourth-order valence-corrected chi connectivity index (χ4v) is 26.0. The maximum Gasteiger partial charge on any atom is 0.252 e. The Bertz CT molecular complexity index is 5140. The van der Waals surface area contributed by atoms with Crippen LogP contribution in [0.1, 0.15) is 27.8 Å². The number of hydrogen-bond acceptors (Lipinski definition) is 2. The monoisotopic (exact) mass is 1250 g/mol. The van der Waals surface area contributed by atoms with Crippen LogP contribution in [0.4, 0.5) is 34.1 Å². The van der Waals surface area contributed by atoms with Gasteiger partial charge in [0.2, 0.25) is 0 Å². The fraction of sp³-hybridized carbons (Fsp3) is 0.0562. The molecule has 95 heavy (non-hydrogen) atoms. The van der Waals surface area contributed by atoms with E-state index in [1.54, 1.807) is 0 Å². The van der Waals surface area contributed by atoms with Crippen molar-refractivity contribution >= 4 is 137 Å². The molecule has 6 heteroatoms. The molecule has 2 aliphatic rings. The van der Waals surface area contributed by atoms with E-state index in [0.717, 1.165) is 28.4 Å². The van der Waals surface area contributed by atoms with Crippen LogP contribution in [0.15, 0.2) is 334 Å². The molecule has 1 aromatic heterocycles. The highest BCUT2D eigenvalue weighted by molar-refractivity contribution is 7.20. The van der Waals surface area contributed by atoms with Crippen molar-refractivity contribution in [2.75, 3.05) is 9.80 Å². The molecule has 0 bridgehead atoms. The highest BCUT2D eigenvalue weighted by Crippen LogP contribution is 2.47. The smallest absolute Gasteiger partial charge is 0.252 e. The summed E-state index contributed by atoms with van der Waals surface area (Å²) in [5, 5.41) is 13.3. The molecule has 0 amide bonds. The van der Waals surface area contributed by atoms with Gasteiger partial charge in [0.25, 0.3) is 6.71 Å². The molecule has 0 saturated carbocycles. The van der Waals surface area contributed by atoms with Gasteiger partial charge in [0, 0.05) is 44.9 Å². The quantitative estimate of drug-likeness (QED) is 0.0892. The van der Waals surface area contributed by atoms with Crippen molar-refractivity contribution < 1.29 is 0 Å². The number of nitrogens with zero attached hydrogens (tertiary/aromatic N) is 3.